The van der Waals surface area contributed by atoms with Crippen LogP contribution in [-0.2, 0) is 5.41 Å². The molecule has 0 aliphatic heterocycles. The molecule has 0 fully saturated rings. The van der Waals surface area contributed by atoms with Crippen LogP contribution >= 0.6 is 0 Å². The zero-order valence-electron chi connectivity index (χ0n) is 11.2. The van der Waals surface area contributed by atoms with E-state index in [0.29, 0.717) is 6.42 Å². The van der Waals surface area contributed by atoms with Crippen molar-refractivity contribution in [1.29, 1.82) is 10.5 Å². The lowest BCUT2D eigenvalue weighted by Gasteiger charge is -2.31. The van der Waals surface area contributed by atoms with Crippen LogP contribution in [0.2, 0.25) is 0 Å². The van der Waals surface area contributed by atoms with E-state index in [-0.39, 0.29) is 11.3 Å². The molecule has 1 aromatic carbocycles. The van der Waals surface area contributed by atoms with Crippen molar-refractivity contribution >= 4 is 0 Å². The van der Waals surface area contributed by atoms with Crippen molar-refractivity contribution in [2.45, 2.75) is 44.9 Å². The molecule has 0 aliphatic rings. The number of nitrogens with zero attached hydrogens (tertiary/aromatic N) is 2. The fraction of sp³-hybridized carbons (Fsp3) is 0.500. The molecular weight excluding hydrogens is 220 g/mol. The Morgan fingerprint density at radius 2 is 1.89 bits per heavy atom. The second-order valence-electron chi connectivity index (χ2n) is 5.17. The van der Waals surface area contributed by atoms with E-state index in [1.165, 1.54) is 5.56 Å². The fourth-order valence-electron chi connectivity index (χ4n) is 2.48. The molecule has 0 saturated heterocycles. The van der Waals surface area contributed by atoms with Gasteiger partial charge in [-0.3, -0.25) is 0 Å². The molecule has 0 spiro atoms. The van der Waals surface area contributed by atoms with Gasteiger partial charge in [0.2, 0.25) is 0 Å². The van der Waals surface area contributed by atoms with Gasteiger partial charge in [-0.1, -0.05) is 37.3 Å². The number of hydrogen-bond acceptors (Lipinski definition) is 2. The predicted molar refractivity (Wildman–Crippen MR) is 72.7 cm³/mol. The second kappa shape index (κ2) is 6.82. The summed E-state index contributed by atoms with van der Waals surface area (Å²) in [5, 5.41) is 17.7. The molecular formula is C16H20N2. The summed E-state index contributed by atoms with van der Waals surface area (Å²) < 4.78 is 0. The van der Waals surface area contributed by atoms with E-state index in [1.54, 1.807) is 0 Å². The highest BCUT2D eigenvalue weighted by Gasteiger charge is 2.28. The van der Waals surface area contributed by atoms with Crippen molar-refractivity contribution < 1.29 is 0 Å². The predicted octanol–water partition coefficient (Wildman–Crippen LogP) is 4.19. The highest BCUT2D eigenvalue weighted by Crippen LogP contribution is 2.35. The molecule has 0 aliphatic carbocycles. The molecule has 2 nitrogen and oxygen atoms in total. The maximum absolute atomic E-state index is 9.01. The van der Waals surface area contributed by atoms with E-state index >= 15 is 0 Å². The smallest absolute Gasteiger partial charge is 0.0653 e. The van der Waals surface area contributed by atoms with Crippen LogP contribution in [0.4, 0.5) is 0 Å². The van der Waals surface area contributed by atoms with Crippen LogP contribution in [0.25, 0.3) is 0 Å². The molecule has 2 heteroatoms. The Bertz CT molecular complexity index is 438. The standard InChI is InChI=1S/C16H20N2/c1-14(13-18)12-16(2,10-6-7-11-17)15-8-4-3-5-9-15/h3-5,8-9,14H,6-7,10,12H2,1-2H3. The summed E-state index contributed by atoms with van der Waals surface area (Å²) >= 11 is 0. The zero-order chi connectivity index (χ0) is 13.4. The lowest BCUT2D eigenvalue weighted by atomic mass is 9.72. The third-order valence-electron chi connectivity index (χ3n) is 3.46. The summed E-state index contributed by atoms with van der Waals surface area (Å²) in [5.74, 6) is 0.0392. The largest absolute Gasteiger partial charge is 0.198 e. The molecule has 0 bridgehead atoms. The maximum Gasteiger partial charge on any atom is 0.0653 e. The maximum atomic E-state index is 9.01. The Kier molecular flexibility index (Phi) is 5.40. The number of unbranched alkanes of at least 4 members (excludes halogenated alkanes) is 1. The third kappa shape index (κ3) is 3.90. The minimum atomic E-state index is -0.00669. The van der Waals surface area contributed by atoms with Gasteiger partial charge in [0.15, 0.2) is 0 Å². The summed E-state index contributed by atoms with van der Waals surface area (Å²) in [5.41, 5.74) is 1.26. The number of nitriles is 2. The Morgan fingerprint density at radius 1 is 1.22 bits per heavy atom. The normalized spacial score (nSPS) is 15.1. The topological polar surface area (TPSA) is 47.6 Å². The number of hydrogen-bond donors (Lipinski definition) is 0. The first kappa shape index (κ1) is 14.3. The molecule has 0 amide bonds. The van der Waals surface area contributed by atoms with E-state index in [0.717, 1.165) is 19.3 Å². The van der Waals surface area contributed by atoms with Gasteiger partial charge in [-0.05, 0) is 37.2 Å². The third-order valence-corrected chi connectivity index (χ3v) is 3.46. The summed E-state index contributed by atoms with van der Waals surface area (Å²) in [6.07, 6.45) is 3.28. The Morgan fingerprint density at radius 3 is 2.44 bits per heavy atom. The minimum Gasteiger partial charge on any atom is -0.198 e. The average Bonchev–Trinajstić information content (AvgIpc) is 2.40. The molecule has 1 aromatic rings. The monoisotopic (exact) mass is 240 g/mol. The van der Waals surface area contributed by atoms with Gasteiger partial charge in [0.05, 0.1) is 12.1 Å². The van der Waals surface area contributed by atoms with Crippen molar-refractivity contribution in [2.75, 3.05) is 0 Å². The molecule has 0 radical (unpaired) electrons. The van der Waals surface area contributed by atoms with Gasteiger partial charge in [-0.25, -0.2) is 0 Å². The summed E-state index contributed by atoms with van der Waals surface area (Å²) in [6, 6.07) is 14.8. The number of rotatable bonds is 6. The second-order valence-corrected chi connectivity index (χ2v) is 5.17. The molecule has 0 aromatic heterocycles. The van der Waals surface area contributed by atoms with Gasteiger partial charge in [0.25, 0.3) is 0 Å². The molecule has 0 N–H and O–H groups in total. The van der Waals surface area contributed by atoms with E-state index in [2.05, 4.69) is 31.2 Å². The Labute approximate surface area is 110 Å². The molecule has 2 atom stereocenters. The lowest BCUT2D eigenvalue weighted by Crippen LogP contribution is -2.24. The minimum absolute atomic E-state index is 0.00669. The molecule has 0 saturated carbocycles. The van der Waals surface area contributed by atoms with E-state index in [1.807, 2.05) is 25.1 Å². The van der Waals surface area contributed by atoms with Crippen molar-refractivity contribution in [3.05, 3.63) is 35.9 Å². The average molecular weight is 240 g/mol. The number of benzene rings is 1. The molecule has 1 rings (SSSR count). The molecule has 0 heterocycles. The SMILES string of the molecule is CC(C#N)CC(C)(CCCC#N)c1ccccc1. The van der Waals surface area contributed by atoms with Crippen LogP contribution < -0.4 is 0 Å². The summed E-state index contributed by atoms with van der Waals surface area (Å²) in [6.45, 7) is 4.17. The first-order valence-corrected chi connectivity index (χ1v) is 6.44. The lowest BCUT2D eigenvalue weighted by molar-refractivity contribution is 0.357. The van der Waals surface area contributed by atoms with Gasteiger partial charge in [-0.2, -0.15) is 10.5 Å². The van der Waals surface area contributed by atoms with Gasteiger partial charge >= 0.3 is 0 Å². The van der Waals surface area contributed by atoms with Crippen molar-refractivity contribution in [3.63, 3.8) is 0 Å². The fourth-order valence-corrected chi connectivity index (χ4v) is 2.48. The van der Waals surface area contributed by atoms with Crippen molar-refractivity contribution in [2.24, 2.45) is 5.92 Å². The van der Waals surface area contributed by atoms with E-state index in [9.17, 15) is 0 Å². The van der Waals surface area contributed by atoms with Crippen LogP contribution in [0, 0.1) is 28.6 Å². The van der Waals surface area contributed by atoms with Crippen molar-refractivity contribution in [1.82, 2.24) is 0 Å². The van der Waals surface area contributed by atoms with Crippen LogP contribution in [0.5, 0.6) is 0 Å². The van der Waals surface area contributed by atoms with Gasteiger partial charge in [-0.15, -0.1) is 0 Å². The van der Waals surface area contributed by atoms with Crippen LogP contribution in [0.3, 0.4) is 0 Å². The Balaban J connectivity index is 2.87. The summed E-state index contributed by atoms with van der Waals surface area (Å²) in [4.78, 5) is 0. The summed E-state index contributed by atoms with van der Waals surface area (Å²) in [7, 11) is 0. The van der Waals surface area contributed by atoms with Crippen LogP contribution in [-0.4, -0.2) is 0 Å². The molecule has 2 unspecified atom stereocenters. The molecule has 18 heavy (non-hydrogen) atoms. The van der Waals surface area contributed by atoms with Crippen LogP contribution in [0.1, 0.15) is 45.1 Å². The first-order chi connectivity index (χ1) is 8.62. The van der Waals surface area contributed by atoms with Crippen molar-refractivity contribution in [3.8, 4) is 12.1 Å². The van der Waals surface area contributed by atoms with E-state index < -0.39 is 0 Å². The first-order valence-electron chi connectivity index (χ1n) is 6.44. The quantitative estimate of drug-likeness (QED) is 0.700. The Hall–Kier alpha value is -1.80. The molecule has 94 valence electrons. The van der Waals surface area contributed by atoms with E-state index in [4.69, 9.17) is 10.5 Å². The highest BCUT2D eigenvalue weighted by molar-refractivity contribution is 5.25. The highest BCUT2D eigenvalue weighted by atomic mass is 14.3. The van der Waals surface area contributed by atoms with Gasteiger partial charge < -0.3 is 0 Å². The van der Waals surface area contributed by atoms with Gasteiger partial charge in [0.1, 0.15) is 0 Å². The van der Waals surface area contributed by atoms with Crippen LogP contribution in [0.15, 0.2) is 30.3 Å². The van der Waals surface area contributed by atoms with Gasteiger partial charge in [0, 0.05) is 12.3 Å². The zero-order valence-corrected chi connectivity index (χ0v) is 11.2.